The van der Waals surface area contributed by atoms with Crippen molar-refractivity contribution in [2.75, 3.05) is 0 Å². The van der Waals surface area contributed by atoms with Gasteiger partial charge in [0.25, 0.3) is 0 Å². The van der Waals surface area contributed by atoms with Gasteiger partial charge in [-0.15, -0.1) is 0 Å². The second-order valence-electron chi connectivity index (χ2n) is 5.36. The van der Waals surface area contributed by atoms with Crippen molar-refractivity contribution in [3.63, 3.8) is 0 Å². The lowest BCUT2D eigenvalue weighted by Crippen LogP contribution is -1.94. The van der Waals surface area contributed by atoms with E-state index in [1.807, 2.05) is 0 Å². The minimum absolute atomic E-state index is 1.13. The molecule has 0 bridgehead atoms. The maximum atomic E-state index is 2.45. The van der Waals surface area contributed by atoms with Crippen molar-refractivity contribution in [3.05, 3.63) is 53.2 Å². The number of nitrogens with zero attached hydrogens (tertiary/aromatic N) is 1. The molecule has 1 nitrogen and oxygen atoms in total. The van der Waals surface area contributed by atoms with Gasteiger partial charge in [0, 0.05) is 24.4 Å². The van der Waals surface area contributed by atoms with E-state index in [4.69, 9.17) is 0 Å². The molecule has 4 rings (SSSR count). The van der Waals surface area contributed by atoms with Crippen molar-refractivity contribution in [1.29, 1.82) is 0 Å². The predicted molar refractivity (Wildman–Crippen MR) is 76.5 cm³/mol. The maximum absolute atomic E-state index is 2.45. The number of aromatic nitrogens is 1. The molecule has 1 aromatic heterocycles. The molecule has 0 unspecified atom stereocenters. The van der Waals surface area contributed by atoms with Gasteiger partial charge in [0.15, 0.2) is 0 Å². The van der Waals surface area contributed by atoms with Crippen LogP contribution in [0.2, 0.25) is 0 Å². The van der Waals surface area contributed by atoms with Gasteiger partial charge in [0.05, 0.1) is 5.69 Å². The minimum atomic E-state index is 1.13. The lowest BCUT2D eigenvalue weighted by Gasteiger charge is -2.05. The molecule has 2 aliphatic rings. The quantitative estimate of drug-likeness (QED) is 0.644. The van der Waals surface area contributed by atoms with Gasteiger partial charge in [-0.3, -0.25) is 0 Å². The lowest BCUT2D eigenvalue weighted by atomic mass is 10.1. The van der Waals surface area contributed by atoms with Crippen LogP contribution in [0.5, 0.6) is 0 Å². The van der Waals surface area contributed by atoms with E-state index in [0.29, 0.717) is 0 Å². The molecule has 0 saturated carbocycles. The number of hydrogen-bond acceptors (Lipinski definition) is 0. The molecule has 2 aliphatic carbocycles. The van der Waals surface area contributed by atoms with Crippen molar-refractivity contribution in [1.82, 2.24) is 4.57 Å². The largest absolute Gasteiger partial charge is 0.343 e. The molecule has 1 heteroatoms. The van der Waals surface area contributed by atoms with Crippen LogP contribution in [0.4, 0.5) is 0 Å². The fourth-order valence-corrected chi connectivity index (χ4v) is 3.48. The normalized spacial score (nSPS) is 18.1. The van der Waals surface area contributed by atoms with Gasteiger partial charge in [-0.1, -0.05) is 30.4 Å². The van der Waals surface area contributed by atoms with Crippen LogP contribution in [-0.4, -0.2) is 4.57 Å². The summed E-state index contributed by atoms with van der Waals surface area (Å²) in [7, 11) is 2.20. The second kappa shape index (κ2) is 3.61. The zero-order valence-electron chi connectivity index (χ0n) is 10.7. The smallest absolute Gasteiger partial charge is 0.0524 e. The summed E-state index contributed by atoms with van der Waals surface area (Å²) in [5, 5.41) is 1.44. The van der Waals surface area contributed by atoms with E-state index in [2.05, 4.69) is 48.0 Å². The summed E-state index contributed by atoms with van der Waals surface area (Å²) in [6.45, 7) is 0. The first-order valence-corrected chi connectivity index (χ1v) is 6.82. The number of aryl methyl sites for hydroxylation is 1. The van der Waals surface area contributed by atoms with Crippen LogP contribution in [0.25, 0.3) is 16.5 Å². The molecule has 0 atom stereocenters. The van der Waals surface area contributed by atoms with Gasteiger partial charge < -0.3 is 4.57 Å². The van der Waals surface area contributed by atoms with Gasteiger partial charge in [-0.05, 0) is 42.0 Å². The lowest BCUT2D eigenvalue weighted by molar-refractivity contribution is 0.871. The monoisotopic (exact) mass is 235 g/mol. The predicted octanol–water partition coefficient (Wildman–Crippen LogP) is 4.23. The molecular formula is C17H17N. The Bertz CT molecular complexity index is 698. The van der Waals surface area contributed by atoms with Crippen LogP contribution in [0.1, 0.15) is 30.5 Å². The molecular weight excluding hydrogens is 218 g/mol. The molecule has 2 aromatic rings. The van der Waals surface area contributed by atoms with Crippen molar-refractivity contribution in [2.45, 2.75) is 25.7 Å². The zero-order chi connectivity index (χ0) is 12.1. The first kappa shape index (κ1) is 10.2. The minimum Gasteiger partial charge on any atom is -0.343 e. The highest BCUT2D eigenvalue weighted by atomic mass is 15.0. The van der Waals surface area contributed by atoms with Crippen molar-refractivity contribution >= 4 is 16.5 Å². The molecule has 0 N–H and O–H groups in total. The molecule has 0 radical (unpaired) electrons. The Kier molecular flexibility index (Phi) is 2.05. The third kappa shape index (κ3) is 1.22. The summed E-state index contributed by atoms with van der Waals surface area (Å²) in [5.41, 5.74) is 7.42. The Labute approximate surface area is 107 Å². The topological polar surface area (TPSA) is 4.93 Å². The number of allylic oxidation sites excluding steroid dienone is 4. The van der Waals surface area contributed by atoms with E-state index in [1.165, 1.54) is 47.0 Å². The number of fused-ring (bicyclic) bond motifs is 5. The highest BCUT2D eigenvalue weighted by Crippen LogP contribution is 2.43. The van der Waals surface area contributed by atoms with E-state index >= 15 is 0 Å². The molecule has 1 aromatic carbocycles. The molecule has 18 heavy (non-hydrogen) atoms. The van der Waals surface area contributed by atoms with Gasteiger partial charge in [-0.25, -0.2) is 0 Å². The van der Waals surface area contributed by atoms with Crippen molar-refractivity contribution in [2.24, 2.45) is 7.05 Å². The number of hydrogen-bond donors (Lipinski definition) is 0. The summed E-state index contributed by atoms with van der Waals surface area (Å²) in [4.78, 5) is 0. The Hall–Kier alpha value is -1.76. The zero-order valence-corrected chi connectivity index (χ0v) is 10.7. The average molecular weight is 235 g/mol. The summed E-state index contributed by atoms with van der Waals surface area (Å²) in [6, 6.07) is 8.78. The van der Waals surface area contributed by atoms with E-state index in [1.54, 1.807) is 5.57 Å². The first-order valence-electron chi connectivity index (χ1n) is 6.82. The van der Waals surface area contributed by atoms with Crippen LogP contribution in [-0.2, 0) is 13.5 Å². The summed E-state index contributed by atoms with van der Waals surface area (Å²) in [6.07, 6.45) is 9.78. The van der Waals surface area contributed by atoms with E-state index in [-0.39, 0.29) is 0 Å². The van der Waals surface area contributed by atoms with Crippen LogP contribution >= 0.6 is 0 Å². The molecule has 90 valence electrons. The van der Waals surface area contributed by atoms with Gasteiger partial charge in [0.2, 0.25) is 0 Å². The highest BCUT2D eigenvalue weighted by molar-refractivity contribution is 5.97. The summed E-state index contributed by atoms with van der Waals surface area (Å²) >= 11 is 0. The van der Waals surface area contributed by atoms with Crippen LogP contribution in [0.3, 0.4) is 0 Å². The Morgan fingerprint density at radius 2 is 1.89 bits per heavy atom. The fraction of sp³-hybridized carbons (Fsp3) is 0.294. The molecule has 1 heterocycles. The van der Waals surface area contributed by atoms with Gasteiger partial charge >= 0.3 is 0 Å². The maximum Gasteiger partial charge on any atom is 0.0524 e. The van der Waals surface area contributed by atoms with E-state index < -0.39 is 0 Å². The Morgan fingerprint density at radius 1 is 1.06 bits per heavy atom. The molecule has 0 fully saturated rings. The Balaban J connectivity index is 2.07. The van der Waals surface area contributed by atoms with Gasteiger partial charge in [-0.2, -0.15) is 0 Å². The third-order valence-electron chi connectivity index (χ3n) is 4.33. The fourth-order valence-electron chi connectivity index (χ4n) is 3.48. The van der Waals surface area contributed by atoms with Crippen molar-refractivity contribution < 1.29 is 0 Å². The molecule has 0 saturated heterocycles. The van der Waals surface area contributed by atoms with Crippen LogP contribution in [0, 0.1) is 0 Å². The van der Waals surface area contributed by atoms with Gasteiger partial charge in [0.1, 0.15) is 0 Å². The van der Waals surface area contributed by atoms with E-state index in [0.717, 1.165) is 6.42 Å². The standard InChI is InChI=1S/C17H17N/c1-18-16-10-6-5-9-14(16)15-11-12-7-3-2-4-8-13(12)17(15)18/h5-10H,2-4,11H2,1H3. The highest BCUT2D eigenvalue weighted by Gasteiger charge is 2.27. The summed E-state index contributed by atoms with van der Waals surface area (Å²) < 4.78 is 2.38. The van der Waals surface area contributed by atoms with Crippen LogP contribution in [0.15, 0.2) is 42.0 Å². The van der Waals surface area contributed by atoms with Crippen molar-refractivity contribution in [3.8, 4) is 0 Å². The first-order chi connectivity index (χ1) is 8.86. The SMILES string of the molecule is Cn1c2c(c3ccccc31)CC1=CCCCC=C12. The summed E-state index contributed by atoms with van der Waals surface area (Å²) in [5.74, 6) is 0. The Morgan fingerprint density at radius 3 is 2.83 bits per heavy atom. The van der Waals surface area contributed by atoms with E-state index in [9.17, 15) is 0 Å². The average Bonchev–Trinajstić information content (AvgIpc) is 2.78. The third-order valence-corrected chi connectivity index (χ3v) is 4.33. The number of benzene rings is 1. The molecule has 0 aliphatic heterocycles. The van der Waals surface area contributed by atoms with Crippen LogP contribution < -0.4 is 0 Å². The molecule has 0 amide bonds. The second-order valence-corrected chi connectivity index (χ2v) is 5.36. The number of rotatable bonds is 0. The number of para-hydroxylation sites is 1. The molecule has 0 spiro atoms.